The van der Waals surface area contributed by atoms with Crippen LogP contribution in [0, 0.1) is 6.92 Å². The van der Waals surface area contributed by atoms with Crippen LogP contribution in [0.15, 0.2) is 40.6 Å². The predicted octanol–water partition coefficient (Wildman–Crippen LogP) is 4.05. The zero-order chi connectivity index (χ0) is 12.3. The van der Waals surface area contributed by atoms with Crippen molar-refractivity contribution in [2.75, 3.05) is 0 Å². The van der Waals surface area contributed by atoms with E-state index >= 15 is 0 Å². The van der Waals surface area contributed by atoms with E-state index in [9.17, 15) is 4.79 Å². The van der Waals surface area contributed by atoms with Crippen molar-refractivity contribution in [2.24, 2.45) is 0 Å². The van der Waals surface area contributed by atoms with Gasteiger partial charge in [-0.3, -0.25) is 0 Å². The average Bonchev–Trinajstić information content (AvgIpc) is 2.80. The molecule has 17 heavy (non-hydrogen) atoms. The van der Waals surface area contributed by atoms with E-state index in [2.05, 4.69) is 6.07 Å². The van der Waals surface area contributed by atoms with Crippen LogP contribution >= 0.6 is 23.1 Å². The molecule has 0 fully saturated rings. The van der Waals surface area contributed by atoms with Gasteiger partial charge in [0.1, 0.15) is 0 Å². The predicted molar refractivity (Wildman–Crippen MR) is 72.0 cm³/mol. The van der Waals surface area contributed by atoms with Crippen LogP contribution in [-0.4, -0.2) is 11.1 Å². The van der Waals surface area contributed by atoms with Crippen LogP contribution < -0.4 is 0 Å². The number of thioether (sulfide) groups is 1. The third-order valence-electron chi connectivity index (χ3n) is 2.40. The number of hydrogen-bond donors (Lipinski definition) is 1. The fourth-order valence-corrected chi connectivity index (χ4v) is 3.18. The molecule has 1 N–H and O–H groups in total. The van der Waals surface area contributed by atoms with E-state index in [4.69, 9.17) is 5.11 Å². The lowest BCUT2D eigenvalue weighted by Gasteiger charge is -2.04. The van der Waals surface area contributed by atoms with Gasteiger partial charge in [0.15, 0.2) is 0 Å². The van der Waals surface area contributed by atoms with Gasteiger partial charge in [-0.05, 0) is 36.1 Å². The van der Waals surface area contributed by atoms with Crippen LogP contribution in [0.4, 0.5) is 0 Å². The van der Waals surface area contributed by atoms with Gasteiger partial charge in [0.05, 0.1) is 5.56 Å². The minimum atomic E-state index is -0.860. The van der Waals surface area contributed by atoms with Crippen molar-refractivity contribution in [1.82, 2.24) is 0 Å². The second kappa shape index (κ2) is 5.38. The lowest BCUT2D eigenvalue weighted by Crippen LogP contribution is -1.99. The first kappa shape index (κ1) is 12.2. The van der Waals surface area contributed by atoms with Gasteiger partial charge < -0.3 is 5.11 Å². The van der Waals surface area contributed by atoms with Gasteiger partial charge in [0, 0.05) is 15.5 Å². The second-order valence-electron chi connectivity index (χ2n) is 3.65. The molecule has 4 heteroatoms. The number of aromatic carboxylic acids is 1. The van der Waals surface area contributed by atoms with Gasteiger partial charge in [0.25, 0.3) is 0 Å². The van der Waals surface area contributed by atoms with E-state index in [0.717, 1.165) is 16.2 Å². The van der Waals surface area contributed by atoms with E-state index in [0.29, 0.717) is 5.56 Å². The SMILES string of the molecule is Cc1ccc(SCc2cccs2)cc1C(=O)O. The number of thiophene rings is 1. The van der Waals surface area contributed by atoms with E-state index in [1.54, 1.807) is 29.2 Å². The number of carboxylic acids is 1. The minimum Gasteiger partial charge on any atom is -0.478 e. The molecule has 1 aromatic carbocycles. The molecule has 0 aliphatic rings. The normalized spacial score (nSPS) is 10.4. The summed E-state index contributed by atoms with van der Waals surface area (Å²) in [6.07, 6.45) is 0. The molecule has 0 amide bonds. The molecule has 0 unspecified atom stereocenters. The van der Waals surface area contributed by atoms with Crippen molar-refractivity contribution in [2.45, 2.75) is 17.6 Å². The maximum atomic E-state index is 11.0. The van der Waals surface area contributed by atoms with Gasteiger partial charge in [-0.15, -0.1) is 23.1 Å². The Hall–Kier alpha value is -1.26. The molecule has 88 valence electrons. The maximum absolute atomic E-state index is 11.0. The number of hydrogen-bond acceptors (Lipinski definition) is 3. The summed E-state index contributed by atoms with van der Waals surface area (Å²) in [5, 5.41) is 11.1. The summed E-state index contributed by atoms with van der Waals surface area (Å²) in [6, 6.07) is 9.69. The average molecular weight is 264 g/mol. The molecule has 1 heterocycles. The second-order valence-corrected chi connectivity index (χ2v) is 5.73. The summed E-state index contributed by atoms with van der Waals surface area (Å²) >= 11 is 3.38. The Morgan fingerprint density at radius 1 is 1.41 bits per heavy atom. The van der Waals surface area contributed by atoms with Crippen LogP contribution in [0.3, 0.4) is 0 Å². The Morgan fingerprint density at radius 3 is 2.88 bits per heavy atom. The van der Waals surface area contributed by atoms with E-state index < -0.39 is 5.97 Å². The van der Waals surface area contributed by atoms with Crippen LogP contribution in [0.25, 0.3) is 0 Å². The van der Waals surface area contributed by atoms with Crippen LogP contribution in [0.5, 0.6) is 0 Å². The molecular weight excluding hydrogens is 252 g/mol. The number of benzene rings is 1. The van der Waals surface area contributed by atoms with Crippen LogP contribution in [-0.2, 0) is 5.75 Å². The molecule has 2 aromatic rings. The quantitative estimate of drug-likeness (QED) is 0.847. The Morgan fingerprint density at radius 2 is 2.24 bits per heavy atom. The first-order valence-corrected chi connectivity index (χ1v) is 7.02. The number of aryl methyl sites for hydroxylation is 1. The largest absolute Gasteiger partial charge is 0.478 e. The fraction of sp³-hybridized carbons (Fsp3) is 0.154. The highest BCUT2D eigenvalue weighted by Gasteiger charge is 2.08. The smallest absolute Gasteiger partial charge is 0.335 e. The first-order valence-electron chi connectivity index (χ1n) is 5.16. The lowest BCUT2D eigenvalue weighted by molar-refractivity contribution is 0.0696. The number of rotatable bonds is 4. The monoisotopic (exact) mass is 264 g/mol. The Labute approximate surface area is 108 Å². The minimum absolute atomic E-state index is 0.390. The molecule has 1 aromatic heterocycles. The highest BCUT2D eigenvalue weighted by molar-refractivity contribution is 7.98. The molecular formula is C13H12O2S2. The third-order valence-corrected chi connectivity index (χ3v) is 4.50. The zero-order valence-electron chi connectivity index (χ0n) is 9.34. The van der Waals surface area contributed by atoms with Crippen molar-refractivity contribution in [3.05, 3.63) is 51.7 Å². The van der Waals surface area contributed by atoms with Crippen molar-refractivity contribution in [1.29, 1.82) is 0 Å². The topological polar surface area (TPSA) is 37.3 Å². The molecule has 0 aliphatic heterocycles. The van der Waals surface area contributed by atoms with E-state index in [-0.39, 0.29) is 0 Å². The van der Waals surface area contributed by atoms with Crippen molar-refractivity contribution in [3.8, 4) is 0 Å². The lowest BCUT2D eigenvalue weighted by atomic mass is 10.1. The Kier molecular flexibility index (Phi) is 3.86. The van der Waals surface area contributed by atoms with Crippen molar-refractivity contribution in [3.63, 3.8) is 0 Å². The Bertz CT molecular complexity index is 518. The van der Waals surface area contributed by atoms with E-state index in [1.165, 1.54) is 4.88 Å². The fourth-order valence-electron chi connectivity index (χ4n) is 1.47. The zero-order valence-corrected chi connectivity index (χ0v) is 11.0. The maximum Gasteiger partial charge on any atom is 0.335 e. The van der Waals surface area contributed by atoms with Gasteiger partial charge >= 0.3 is 5.97 Å². The molecule has 0 radical (unpaired) electrons. The van der Waals surface area contributed by atoms with Crippen molar-refractivity contribution >= 4 is 29.1 Å². The number of carboxylic acid groups (broad SMARTS) is 1. The number of carbonyl (C=O) groups is 1. The summed E-state index contributed by atoms with van der Waals surface area (Å²) in [7, 11) is 0. The molecule has 2 rings (SSSR count). The van der Waals surface area contributed by atoms with E-state index in [1.807, 2.05) is 30.5 Å². The summed E-state index contributed by atoms with van der Waals surface area (Å²) in [5.74, 6) is 0.0286. The van der Waals surface area contributed by atoms with Crippen LogP contribution in [0.2, 0.25) is 0 Å². The highest BCUT2D eigenvalue weighted by atomic mass is 32.2. The van der Waals surface area contributed by atoms with Gasteiger partial charge in [0.2, 0.25) is 0 Å². The highest BCUT2D eigenvalue weighted by Crippen LogP contribution is 2.26. The Balaban J connectivity index is 2.11. The third kappa shape index (κ3) is 3.11. The molecule has 0 atom stereocenters. The van der Waals surface area contributed by atoms with Crippen LogP contribution in [0.1, 0.15) is 20.8 Å². The summed E-state index contributed by atoms with van der Waals surface area (Å²) < 4.78 is 0. The molecule has 0 saturated carbocycles. The van der Waals surface area contributed by atoms with Gasteiger partial charge in [-0.2, -0.15) is 0 Å². The molecule has 0 bridgehead atoms. The van der Waals surface area contributed by atoms with Crippen molar-refractivity contribution < 1.29 is 9.90 Å². The summed E-state index contributed by atoms with van der Waals surface area (Å²) in [5.41, 5.74) is 1.19. The summed E-state index contributed by atoms with van der Waals surface area (Å²) in [6.45, 7) is 1.82. The molecule has 0 saturated heterocycles. The van der Waals surface area contributed by atoms with Gasteiger partial charge in [-0.25, -0.2) is 4.79 Å². The summed E-state index contributed by atoms with van der Waals surface area (Å²) in [4.78, 5) is 13.3. The standard InChI is InChI=1S/C13H12O2S2/c1-9-4-5-10(7-12(9)13(14)15)17-8-11-3-2-6-16-11/h2-7H,8H2,1H3,(H,14,15). The molecule has 0 aliphatic carbocycles. The first-order chi connectivity index (χ1) is 8.16. The molecule has 2 nitrogen and oxygen atoms in total. The van der Waals surface area contributed by atoms with Gasteiger partial charge in [-0.1, -0.05) is 12.1 Å². The molecule has 0 spiro atoms.